The third kappa shape index (κ3) is 5.23. The van der Waals surface area contributed by atoms with Gasteiger partial charge in [0.2, 0.25) is 0 Å². The quantitative estimate of drug-likeness (QED) is 0.704. The Morgan fingerprint density at radius 1 is 1.39 bits per heavy atom. The number of ether oxygens (including phenoxy) is 1. The fourth-order valence-electron chi connectivity index (χ4n) is 1.26. The van der Waals surface area contributed by atoms with Crippen LogP contribution in [0.5, 0.6) is 5.75 Å². The van der Waals surface area contributed by atoms with Crippen molar-refractivity contribution in [2.75, 3.05) is 19.8 Å². The Morgan fingerprint density at radius 2 is 2.06 bits per heavy atom. The fraction of sp³-hybridized carbons (Fsp3) is 0.538. The van der Waals surface area contributed by atoms with Crippen LogP contribution in [-0.2, 0) is 0 Å². The number of aliphatic hydroxyl groups is 2. The number of hydrogen-bond donors (Lipinski definition) is 3. The Hall–Kier alpha value is -0.810. The molecule has 0 bridgehead atoms. The summed E-state index contributed by atoms with van der Waals surface area (Å²) in [6.45, 7) is 4.21. The molecule has 0 fully saturated rings. The minimum Gasteiger partial charge on any atom is -0.489 e. The molecule has 1 aromatic rings. The number of rotatable bonds is 7. The maximum Gasteiger partial charge on any atom is 0.138 e. The average molecular weight is 274 g/mol. The van der Waals surface area contributed by atoms with Crippen molar-refractivity contribution in [1.29, 1.82) is 0 Å². The summed E-state index contributed by atoms with van der Waals surface area (Å²) in [5.74, 6) is 0.555. The summed E-state index contributed by atoms with van der Waals surface area (Å²) < 4.78 is 5.41. The van der Waals surface area contributed by atoms with Gasteiger partial charge in [-0.05, 0) is 26.0 Å². The monoisotopic (exact) mass is 273 g/mol. The SMILES string of the molecule is CC(C)(CO)NC[C@@H](O)COc1ccccc1Cl. The van der Waals surface area contributed by atoms with Gasteiger partial charge >= 0.3 is 0 Å². The van der Waals surface area contributed by atoms with E-state index in [-0.39, 0.29) is 13.2 Å². The Bertz CT molecular complexity index is 371. The molecular weight excluding hydrogens is 254 g/mol. The number of hydrogen-bond acceptors (Lipinski definition) is 4. The van der Waals surface area contributed by atoms with Crippen LogP contribution in [0.4, 0.5) is 0 Å². The number of benzene rings is 1. The fourth-order valence-corrected chi connectivity index (χ4v) is 1.45. The molecule has 18 heavy (non-hydrogen) atoms. The zero-order valence-corrected chi connectivity index (χ0v) is 11.4. The minimum atomic E-state index is -0.660. The minimum absolute atomic E-state index is 0.00505. The first-order chi connectivity index (χ1) is 8.44. The van der Waals surface area contributed by atoms with Crippen LogP contribution in [0.1, 0.15) is 13.8 Å². The second-order valence-electron chi connectivity index (χ2n) is 4.82. The Kier molecular flexibility index (Phi) is 5.88. The van der Waals surface area contributed by atoms with Gasteiger partial charge in [-0.3, -0.25) is 0 Å². The van der Waals surface area contributed by atoms with Gasteiger partial charge in [0.25, 0.3) is 0 Å². The van der Waals surface area contributed by atoms with Gasteiger partial charge in [-0.25, -0.2) is 0 Å². The summed E-state index contributed by atoms with van der Waals surface area (Å²) >= 11 is 5.92. The Balaban J connectivity index is 2.34. The van der Waals surface area contributed by atoms with E-state index in [0.29, 0.717) is 17.3 Å². The summed E-state index contributed by atoms with van der Waals surface area (Å²) in [7, 11) is 0. The number of nitrogens with one attached hydrogen (secondary N) is 1. The van der Waals surface area contributed by atoms with Gasteiger partial charge in [0.15, 0.2) is 0 Å². The van der Waals surface area contributed by atoms with E-state index in [4.69, 9.17) is 21.4 Å². The van der Waals surface area contributed by atoms with E-state index in [1.54, 1.807) is 12.1 Å². The molecule has 0 unspecified atom stereocenters. The van der Waals surface area contributed by atoms with E-state index < -0.39 is 11.6 Å². The van der Waals surface area contributed by atoms with E-state index in [0.717, 1.165) is 0 Å². The Morgan fingerprint density at radius 3 is 2.67 bits per heavy atom. The number of β-amino-alcohol motifs (C(OH)–C–C–N with tert-alkyl or cyclic N) is 1. The van der Waals surface area contributed by atoms with Crippen molar-refractivity contribution < 1.29 is 14.9 Å². The van der Waals surface area contributed by atoms with Gasteiger partial charge < -0.3 is 20.3 Å². The van der Waals surface area contributed by atoms with E-state index in [1.807, 2.05) is 26.0 Å². The Labute approximate surface area is 113 Å². The highest BCUT2D eigenvalue weighted by Gasteiger charge is 2.17. The van der Waals surface area contributed by atoms with Crippen molar-refractivity contribution in [3.63, 3.8) is 0 Å². The number of aliphatic hydroxyl groups excluding tert-OH is 2. The van der Waals surface area contributed by atoms with Crippen LogP contribution in [0.25, 0.3) is 0 Å². The van der Waals surface area contributed by atoms with Gasteiger partial charge in [-0.15, -0.1) is 0 Å². The van der Waals surface area contributed by atoms with Gasteiger partial charge in [0, 0.05) is 12.1 Å². The van der Waals surface area contributed by atoms with Crippen LogP contribution >= 0.6 is 11.6 Å². The summed E-state index contributed by atoms with van der Waals surface area (Å²) in [6.07, 6.45) is -0.660. The summed E-state index contributed by atoms with van der Waals surface area (Å²) in [5.41, 5.74) is -0.411. The topological polar surface area (TPSA) is 61.7 Å². The highest BCUT2D eigenvalue weighted by molar-refractivity contribution is 6.32. The van der Waals surface area contributed by atoms with Crippen molar-refractivity contribution in [2.24, 2.45) is 0 Å². The predicted molar refractivity (Wildman–Crippen MR) is 72.1 cm³/mol. The smallest absolute Gasteiger partial charge is 0.138 e. The van der Waals surface area contributed by atoms with Gasteiger partial charge in [-0.2, -0.15) is 0 Å². The van der Waals surface area contributed by atoms with Gasteiger partial charge in [0.05, 0.1) is 11.6 Å². The molecule has 0 amide bonds. The van der Waals surface area contributed by atoms with Crippen molar-refractivity contribution in [3.8, 4) is 5.75 Å². The first-order valence-corrected chi connectivity index (χ1v) is 6.24. The predicted octanol–water partition coefficient (Wildman–Crippen LogP) is 1.44. The maximum atomic E-state index is 9.75. The molecule has 1 rings (SSSR count). The lowest BCUT2D eigenvalue weighted by atomic mass is 10.1. The van der Waals surface area contributed by atoms with Crippen molar-refractivity contribution >= 4 is 11.6 Å². The molecule has 0 saturated heterocycles. The lowest BCUT2D eigenvalue weighted by Crippen LogP contribution is -2.47. The molecule has 0 heterocycles. The van der Waals surface area contributed by atoms with Gasteiger partial charge in [0.1, 0.15) is 18.5 Å². The van der Waals surface area contributed by atoms with Crippen LogP contribution in [0.3, 0.4) is 0 Å². The van der Waals surface area contributed by atoms with Crippen LogP contribution in [0, 0.1) is 0 Å². The molecule has 0 aliphatic rings. The highest BCUT2D eigenvalue weighted by atomic mass is 35.5. The molecule has 0 aliphatic carbocycles. The molecule has 4 nitrogen and oxygen atoms in total. The molecule has 0 aromatic heterocycles. The standard InChI is InChI=1S/C13H20ClNO3/c1-13(2,9-16)15-7-10(17)8-18-12-6-4-3-5-11(12)14/h3-6,10,15-17H,7-9H2,1-2H3/t10-/m1/s1. The molecule has 0 radical (unpaired) electrons. The van der Waals surface area contributed by atoms with E-state index in [2.05, 4.69) is 5.32 Å². The van der Waals surface area contributed by atoms with Crippen molar-refractivity contribution in [1.82, 2.24) is 5.32 Å². The van der Waals surface area contributed by atoms with Crippen LogP contribution in [0.2, 0.25) is 5.02 Å². The first-order valence-electron chi connectivity index (χ1n) is 5.86. The lowest BCUT2D eigenvalue weighted by Gasteiger charge is -2.25. The molecule has 5 heteroatoms. The number of halogens is 1. The van der Waals surface area contributed by atoms with Crippen molar-refractivity contribution in [3.05, 3.63) is 29.3 Å². The third-order valence-electron chi connectivity index (χ3n) is 2.48. The van der Waals surface area contributed by atoms with Gasteiger partial charge in [-0.1, -0.05) is 23.7 Å². The molecule has 0 spiro atoms. The molecule has 3 N–H and O–H groups in total. The molecule has 0 saturated carbocycles. The lowest BCUT2D eigenvalue weighted by molar-refractivity contribution is 0.0907. The van der Waals surface area contributed by atoms with E-state index in [9.17, 15) is 5.11 Å². The van der Waals surface area contributed by atoms with Crippen molar-refractivity contribution in [2.45, 2.75) is 25.5 Å². The first kappa shape index (κ1) is 15.2. The summed E-state index contributed by atoms with van der Waals surface area (Å²) in [5, 5.41) is 22.4. The van der Waals surface area contributed by atoms with Crippen LogP contribution < -0.4 is 10.1 Å². The summed E-state index contributed by atoms with van der Waals surface area (Å²) in [4.78, 5) is 0. The normalized spacial score (nSPS) is 13.4. The zero-order valence-electron chi connectivity index (χ0n) is 10.7. The third-order valence-corrected chi connectivity index (χ3v) is 2.79. The van der Waals surface area contributed by atoms with E-state index >= 15 is 0 Å². The van der Waals surface area contributed by atoms with Crippen LogP contribution in [-0.4, -0.2) is 41.6 Å². The second kappa shape index (κ2) is 6.95. The summed E-state index contributed by atoms with van der Waals surface area (Å²) in [6, 6.07) is 7.12. The molecule has 1 atom stereocenters. The molecular formula is C13H20ClNO3. The largest absolute Gasteiger partial charge is 0.489 e. The zero-order chi connectivity index (χ0) is 13.6. The van der Waals surface area contributed by atoms with Crippen LogP contribution in [0.15, 0.2) is 24.3 Å². The molecule has 102 valence electrons. The highest BCUT2D eigenvalue weighted by Crippen LogP contribution is 2.23. The molecule has 0 aliphatic heterocycles. The average Bonchev–Trinajstić information content (AvgIpc) is 2.35. The molecule has 1 aromatic carbocycles. The second-order valence-corrected chi connectivity index (χ2v) is 5.23. The number of para-hydroxylation sites is 1. The van der Waals surface area contributed by atoms with E-state index in [1.165, 1.54) is 0 Å². The maximum absolute atomic E-state index is 9.75.